The molecule has 1 aliphatic heterocycles. The molecule has 1 unspecified atom stereocenters. The van der Waals surface area contributed by atoms with Gasteiger partial charge in [0, 0.05) is 19.6 Å². The number of nitrogens with one attached hydrogen (secondary N) is 1. The zero-order valence-electron chi connectivity index (χ0n) is 14.8. The monoisotopic (exact) mass is 374 g/mol. The molecule has 0 spiro atoms. The number of carbonyl (C=O) groups excluding carboxylic acids is 1. The number of amides is 1. The summed E-state index contributed by atoms with van der Waals surface area (Å²) in [5, 5.41) is 11.4. The second-order valence-corrected chi connectivity index (χ2v) is 6.24. The third-order valence-electron chi connectivity index (χ3n) is 4.21. The Balaban J connectivity index is 1.48. The van der Waals surface area contributed by atoms with E-state index in [1.807, 2.05) is 12.1 Å². The Hall–Kier alpha value is -2.87. The van der Waals surface area contributed by atoms with Crippen LogP contribution in [-0.2, 0) is 16.1 Å². The van der Waals surface area contributed by atoms with E-state index in [9.17, 15) is 9.59 Å². The molecule has 2 heterocycles. The fourth-order valence-corrected chi connectivity index (χ4v) is 2.82. The molecule has 8 nitrogen and oxygen atoms in total. The number of nitrogens with zero attached hydrogens (tertiary/aromatic N) is 1. The molecule has 1 aliphatic rings. The van der Waals surface area contributed by atoms with E-state index in [0.29, 0.717) is 37.7 Å². The van der Waals surface area contributed by atoms with Gasteiger partial charge < -0.3 is 24.3 Å². The van der Waals surface area contributed by atoms with E-state index in [0.717, 1.165) is 18.4 Å². The molecule has 0 radical (unpaired) electrons. The van der Waals surface area contributed by atoms with Gasteiger partial charge in [0.15, 0.2) is 17.8 Å². The van der Waals surface area contributed by atoms with Gasteiger partial charge >= 0.3 is 5.97 Å². The van der Waals surface area contributed by atoms with Crippen LogP contribution in [0.1, 0.15) is 53.6 Å². The topological polar surface area (TPSA) is 111 Å². The molecule has 144 valence electrons. The highest BCUT2D eigenvalue weighted by atomic mass is 16.5. The average molecular weight is 374 g/mol. The van der Waals surface area contributed by atoms with Gasteiger partial charge in [-0.3, -0.25) is 9.59 Å². The summed E-state index contributed by atoms with van der Waals surface area (Å²) in [4.78, 5) is 26.9. The van der Waals surface area contributed by atoms with Crippen molar-refractivity contribution in [3.8, 4) is 5.75 Å². The summed E-state index contributed by atoms with van der Waals surface area (Å²) in [5.41, 5.74) is 1.17. The van der Waals surface area contributed by atoms with Crippen molar-refractivity contribution < 1.29 is 28.6 Å². The van der Waals surface area contributed by atoms with Crippen molar-refractivity contribution in [1.29, 1.82) is 0 Å². The summed E-state index contributed by atoms with van der Waals surface area (Å²) in [7, 11) is 0. The Kier molecular flexibility index (Phi) is 6.43. The molecule has 2 N–H and O–H groups in total. The molecular weight excluding hydrogens is 352 g/mol. The van der Waals surface area contributed by atoms with Gasteiger partial charge in [0.1, 0.15) is 11.9 Å². The van der Waals surface area contributed by atoms with Gasteiger partial charge in [-0.2, -0.15) is 0 Å². The molecule has 0 bridgehead atoms. The maximum atomic E-state index is 12.4. The summed E-state index contributed by atoms with van der Waals surface area (Å²) in [6, 6.07) is 7.26. The number of ether oxygens (including phenoxy) is 2. The van der Waals surface area contributed by atoms with Crippen LogP contribution in [-0.4, -0.2) is 35.2 Å². The van der Waals surface area contributed by atoms with Crippen molar-refractivity contribution in [3.63, 3.8) is 0 Å². The van der Waals surface area contributed by atoms with Gasteiger partial charge in [-0.1, -0.05) is 12.1 Å². The first-order valence-electron chi connectivity index (χ1n) is 8.90. The van der Waals surface area contributed by atoms with E-state index in [1.165, 1.54) is 6.39 Å². The molecule has 1 saturated heterocycles. The Morgan fingerprint density at radius 2 is 2.11 bits per heavy atom. The first-order chi connectivity index (χ1) is 13.1. The van der Waals surface area contributed by atoms with Crippen LogP contribution in [0, 0.1) is 0 Å². The Labute approximate surface area is 156 Å². The van der Waals surface area contributed by atoms with Crippen LogP contribution in [0.15, 0.2) is 35.1 Å². The number of aliphatic carboxylic acids is 1. The third-order valence-corrected chi connectivity index (χ3v) is 4.21. The van der Waals surface area contributed by atoms with Gasteiger partial charge in [0.05, 0.1) is 6.61 Å². The van der Waals surface area contributed by atoms with Crippen LogP contribution in [0.25, 0.3) is 0 Å². The van der Waals surface area contributed by atoms with Crippen LogP contribution < -0.4 is 10.1 Å². The molecule has 1 amide bonds. The first-order valence-corrected chi connectivity index (χ1v) is 8.90. The smallest absolute Gasteiger partial charge is 0.303 e. The highest BCUT2D eigenvalue weighted by Crippen LogP contribution is 2.30. The SMILES string of the molecule is O=C(O)CCCOc1ccc(CNC(=O)c2ncoc2C2CCCO2)cc1. The third kappa shape index (κ3) is 5.30. The molecule has 0 saturated carbocycles. The first kappa shape index (κ1) is 18.9. The van der Waals surface area contributed by atoms with Crippen molar-refractivity contribution >= 4 is 11.9 Å². The van der Waals surface area contributed by atoms with Crippen molar-refractivity contribution in [2.24, 2.45) is 0 Å². The zero-order valence-corrected chi connectivity index (χ0v) is 14.8. The largest absolute Gasteiger partial charge is 0.494 e. The van der Waals surface area contributed by atoms with Gasteiger partial charge in [-0.15, -0.1) is 0 Å². The van der Waals surface area contributed by atoms with E-state index in [1.54, 1.807) is 12.1 Å². The van der Waals surface area contributed by atoms with Crippen LogP contribution in [0.3, 0.4) is 0 Å². The predicted molar refractivity (Wildman–Crippen MR) is 94.4 cm³/mol. The second-order valence-electron chi connectivity index (χ2n) is 6.24. The molecular formula is C19H22N2O6. The Morgan fingerprint density at radius 1 is 1.30 bits per heavy atom. The van der Waals surface area contributed by atoms with Gasteiger partial charge in [-0.25, -0.2) is 4.98 Å². The predicted octanol–water partition coefficient (Wildman–Crippen LogP) is 2.70. The maximum absolute atomic E-state index is 12.4. The number of carboxylic acids is 1. The fourth-order valence-electron chi connectivity index (χ4n) is 2.82. The fraction of sp³-hybridized carbons (Fsp3) is 0.421. The molecule has 1 aromatic heterocycles. The van der Waals surface area contributed by atoms with E-state index in [2.05, 4.69) is 10.3 Å². The summed E-state index contributed by atoms with van der Waals surface area (Å²) in [6.45, 7) is 1.35. The maximum Gasteiger partial charge on any atom is 0.303 e. The lowest BCUT2D eigenvalue weighted by Crippen LogP contribution is -2.24. The van der Waals surface area contributed by atoms with Crippen molar-refractivity contribution in [2.45, 2.75) is 38.3 Å². The minimum Gasteiger partial charge on any atom is -0.494 e. The number of carbonyl (C=O) groups is 2. The van der Waals surface area contributed by atoms with Crippen LogP contribution in [0.5, 0.6) is 5.75 Å². The van der Waals surface area contributed by atoms with Crippen molar-refractivity contribution in [3.05, 3.63) is 47.7 Å². The van der Waals surface area contributed by atoms with E-state index >= 15 is 0 Å². The molecule has 1 aromatic carbocycles. The highest BCUT2D eigenvalue weighted by Gasteiger charge is 2.27. The minimum absolute atomic E-state index is 0.0834. The van der Waals surface area contributed by atoms with E-state index < -0.39 is 5.97 Å². The van der Waals surface area contributed by atoms with Crippen molar-refractivity contribution in [1.82, 2.24) is 10.3 Å². The number of hydrogen-bond acceptors (Lipinski definition) is 6. The lowest BCUT2D eigenvalue weighted by atomic mass is 10.1. The minimum atomic E-state index is -0.834. The molecule has 27 heavy (non-hydrogen) atoms. The summed E-state index contributed by atoms with van der Waals surface area (Å²) in [5.74, 6) is 0.00504. The second kappa shape index (κ2) is 9.18. The Bertz CT molecular complexity index is 765. The number of benzene rings is 1. The van der Waals surface area contributed by atoms with Gasteiger partial charge in [0.25, 0.3) is 5.91 Å². The number of oxazole rings is 1. The summed E-state index contributed by atoms with van der Waals surface area (Å²) >= 11 is 0. The molecule has 1 atom stereocenters. The molecule has 1 fully saturated rings. The average Bonchev–Trinajstić information content (AvgIpc) is 3.35. The van der Waals surface area contributed by atoms with Gasteiger partial charge in [-0.05, 0) is 37.0 Å². The normalized spacial score (nSPS) is 16.2. The van der Waals surface area contributed by atoms with E-state index in [-0.39, 0.29) is 24.1 Å². The summed E-state index contributed by atoms with van der Waals surface area (Å²) in [6.07, 6.45) is 3.37. The number of hydrogen-bond donors (Lipinski definition) is 2. The van der Waals surface area contributed by atoms with Crippen molar-refractivity contribution in [2.75, 3.05) is 13.2 Å². The zero-order chi connectivity index (χ0) is 19.1. The van der Waals surface area contributed by atoms with Crippen LogP contribution in [0.2, 0.25) is 0 Å². The quantitative estimate of drug-likeness (QED) is 0.649. The molecule has 3 rings (SSSR count). The number of carboxylic acid groups (broad SMARTS) is 1. The van der Waals surface area contributed by atoms with Gasteiger partial charge in [0.2, 0.25) is 0 Å². The lowest BCUT2D eigenvalue weighted by Gasteiger charge is -2.09. The molecule has 8 heteroatoms. The number of rotatable bonds is 9. The summed E-state index contributed by atoms with van der Waals surface area (Å²) < 4.78 is 16.4. The standard InChI is InChI=1S/C19H22N2O6/c22-16(23)4-2-9-25-14-7-5-13(6-8-14)11-20-19(24)17-18(27-12-21-17)15-3-1-10-26-15/h5-8,12,15H,1-4,9-11H2,(H,20,24)(H,22,23). The number of aromatic nitrogens is 1. The van der Waals surface area contributed by atoms with E-state index in [4.69, 9.17) is 19.0 Å². The highest BCUT2D eigenvalue weighted by molar-refractivity contribution is 5.93. The molecule has 2 aromatic rings. The lowest BCUT2D eigenvalue weighted by molar-refractivity contribution is -0.137. The Morgan fingerprint density at radius 3 is 2.81 bits per heavy atom. The van der Waals surface area contributed by atoms with Crippen LogP contribution >= 0.6 is 0 Å². The molecule has 0 aliphatic carbocycles. The van der Waals surface area contributed by atoms with Crippen LogP contribution in [0.4, 0.5) is 0 Å².